The molecule has 0 saturated carbocycles. The molecule has 0 saturated heterocycles. The van der Waals surface area contributed by atoms with Gasteiger partial charge in [-0.25, -0.2) is 8.78 Å². The summed E-state index contributed by atoms with van der Waals surface area (Å²) >= 11 is 1.02. The predicted octanol–water partition coefficient (Wildman–Crippen LogP) is 2.11. The minimum absolute atomic E-state index is 0.0249. The van der Waals surface area contributed by atoms with E-state index in [2.05, 4.69) is 0 Å². The summed E-state index contributed by atoms with van der Waals surface area (Å²) in [5.74, 6) is -1.84. The van der Waals surface area contributed by atoms with Crippen LogP contribution in [0, 0.1) is 17.0 Å². The minimum atomic E-state index is -0.731. The van der Waals surface area contributed by atoms with E-state index < -0.39 is 11.6 Å². The molecule has 94 valence electrons. The van der Waals surface area contributed by atoms with E-state index in [1.807, 2.05) is 0 Å². The topological polar surface area (TPSA) is 70.1 Å². The standard InChI is InChI=1S/C11H14F2N2OS/c1-6(2-3-16)17-10-8(12)4-7(11(14)15)5-9(10)13/h4-6,16H,2-3H2,1H3,(H3,14,15). The third-order valence-corrected chi connectivity index (χ3v) is 3.43. The van der Waals surface area contributed by atoms with Gasteiger partial charge in [0, 0.05) is 17.4 Å². The van der Waals surface area contributed by atoms with E-state index in [1.165, 1.54) is 0 Å². The van der Waals surface area contributed by atoms with Crippen LogP contribution in [0.25, 0.3) is 0 Å². The van der Waals surface area contributed by atoms with E-state index in [0.29, 0.717) is 6.42 Å². The summed E-state index contributed by atoms with van der Waals surface area (Å²) in [5, 5.41) is 15.7. The third kappa shape index (κ3) is 3.67. The first-order chi connectivity index (χ1) is 7.95. The zero-order valence-corrected chi connectivity index (χ0v) is 10.2. The molecule has 0 fully saturated rings. The molecule has 0 bridgehead atoms. The predicted molar refractivity (Wildman–Crippen MR) is 64.4 cm³/mol. The number of aliphatic hydroxyl groups excluding tert-OH is 1. The summed E-state index contributed by atoms with van der Waals surface area (Å²) in [7, 11) is 0. The number of halogens is 2. The quantitative estimate of drug-likeness (QED) is 0.431. The van der Waals surface area contributed by atoms with Crippen molar-refractivity contribution in [3.05, 3.63) is 29.3 Å². The van der Waals surface area contributed by atoms with E-state index in [1.54, 1.807) is 6.92 Å². The maximum absolute atomic E-state index is 13.6. The molecule has 3 nitrogen and oxygen atoms in total. The van der Waals surface area contributed by atoms with Crippen LogP contribution in [0.5, 0.6) is 0 Å². The number of thioether (sulfide) groups is 1. The number of nitrogens with two attached hydrogens (primary N) is 1. The Morgan fingerprint density at radius 3 is 2.41 bits per heavy atom. The second kappa shape index (κ2) is 5.97. The lowest BCUT2D eigenvalue weighted by atomic mass is 10.2. The third-order valence-electron chi connectivity index (χ3n) is 2.16. The molecular formula is C11H14F2N2OS. The molecule has 0 heterocycles. The first-order valence-corrected chi connectivity index (χ1v) is 5.94. The van der Waals surface area contributed by atoms with E-state index in [4.69, 9.17) is 16.2 Å². The van der Waals surface area contributed by atoms with Crippen molar-refractivity contribution in [3.63, 3.8) is 0 Å². The molecule has 0 aromatic heterocycles. The van der Waals surface area contributed by atoms with E-state index in [0.717, 1.165) is 23.9 Å². The van der Waals surface area contributed by atoms with Gasteiger partial charge < -0.3 is 10.8 Å². The summed E-state index contributed by atoms with van der Waals surface area (Å²) in [5.41, 5.74) is 5.19. The molecule has 0 spiro atoms. The molecule has 1 aromatic rings. The molecule has 4 N–H and O–H groups in total. The van der Waals surface area contributed by atoms with Gasteiger partial charge in [0.2, 0.25) is 0 Å². The molecule has 1 unspecified atom stereocenters. The Balaban J connectivity index is 2.97. The Morgan fingerprint density at radius 1 is 1.47 bits per heavy atom. The number of nitrogen functional groups attached to an aromatic ring is 1. The summed E-state index contributed by atoms with van der Waals surface area (Å²) in [6, 6.07) is 2.08. The van der Waals surface area contributed by atoms with Gasteiger partial charge in [-0.3, -0.25) is 5.41 Å². The van der Waals surface area contributed by atoms with Crippen molar-refractivity contribution < 1.29 is 13.9 Å². The monoisotopic (exact) mass is 260 g/mol. The van der Waals surface area contributed by atoms with E-state index in [9.17, 15) is 8.78 Å². The highest BCUT2D eigenvalue weighted by atomic mass is 32.2. The van der Waals surface area contributed by atoms with Gasteiger partial charge >= 0.3 is 0 Å². The van der Waals surface area contributed by atoms with Gasteiger partial charge in [0.15, 0.2) is 0 Å². The molecule has 1 atom stereocenters. The smallest absolute Gasteiger partial charge is 0.140 e. The lowest BCUT2D eigenvalue weighted by Crippen LogP contribution is -2.12. The summed E-state index contributed by atoms with van der Waals surface area (Å²) < 4.78 is 27.2. The zero-order chi connectivity index (χ0) is 13.0. The van der Waals surface area contributed by atoms with Crippen molar-refractivity contribution in [3.8, 4) is 0 Å². The summed E-state index contributed by atoms with van der Waals surface area (Å²) in [4.78, 5) is -0.101. The van der Waals surface area contributed by atoms with Crippen molar-refractivity contribution in [2.45, 2.75) is 23.5 Å². The van der Waals surface area contributed by atoms with Gasteiger partial charge in [0.25, 0.3) is 0 Å². The molecule has 17 heavy (non-hydrogen) atoms. The van der Waals surface area contributed by atoms with Gasteiger partial charge in [-0.05, 0) is 18.6 Å². The molecule has 0 aliphatic carbocycles. The summed E-state index contributed by atoms with van der Waals surface area (Å²) in [6.07, 6.45) is 0.456. The average molecular weight is 260 g/mol. The van der Waals surface area contributed by atoms with Crippen LogP contribution in [0.3, 0.4) is 0 Å². The molecule has 0 aliphatic heterocycles. The van der Waals surface area contributed by atoms with Crippen molar-refractivity contribution >= 4 is 17.6 Å². The Labute approximate surface area is 103 Å². The first-order valence-electron chi connectivity index (χ1n) is 5.06. The molecule has 0 amide bonds. The lowest BCUT2D eigenvalue weighted by Gasteiger charge is -2.12. The van der Waals surface area contributed by atoms with Crippen LogP contribution in [-0.4, -0.2) is 22.8 Å². The lowest BCUT2D eigenvalue weighted by molar-refractivity contribution is 0.289. The van der Waals surface area contributed by atoms with Gasteiger partial charge in [0.1, 0.15) is 17.5 Å². The highest BCUT2D eigenvalue weighted by Crippen LogP contribution is 2.30. The summed E-state index contributed by atoms with van der Waals surface area (Å²) in [6.45, 7) is 1.75. The second-order valence-electron chi connectivity index (χ2n) is 3.62. The maximum atomic E-state index is 13.6. The van der Waals surface area contributed by atoms with Gasteiger partial charge in [-0.15, -0.1) is 11.8 Å². The molecule has 0 aliphatic rings. The van der Waals surface area contributed by atoms with Crippen molar-refractivity contribution in [2.75, 3.05) is 6.61 Å². The second-order valence-corrected chi connectivity index (χ2v) is 5.07. The average Bonchev–Trinajstić information content (AvgIpc) is 2.23. The fourth-order valence-electron chi connectivity index (χ4n) is 1.27. The number of hydrogen-bond donors (Lipinski definition) is 3. The normalized spacial score (nSPS) is 12.5. The molecule has 0 radical (unpaired) electrons. The van der Waals surface area contributed by atoms with Gasteiger partial charge in [-0.2, -0.15) is 0 Å². The number of aliphatic hydroxyl groups is 1. The van der Waals surface area contributed by atoms with E-state index in [-0.39, 0.29) is 28.2 Å². The fraction of sp³-hybridized carbons (Fsp3) is 0.364. The first kappa shape index (κ1) is 13.9. The largest absolute Gasteiger partial charge is 0.396 e. The Morgan fingerprint density at radius 2 is 2.00 bits per heavy atom. The molecule has 1 rings (SSSR count). The number of nitrogens with one attached hydrogen (secondary N) is 1. The Kier molecular flexibility index (Phi) is 4.89. The number of amidine groups is 1. The Hall–Kier alpha value is -1.14. The van der Waals surface area contributed by atoms with Crippen LogP contribution >= 0.6 is 11.8 Å². The number of benzene rings is 1. The van der Waals surface area contributed by atoms with Crippen molar-refractivity contribution in [1.29, 1.82) is 5.41 Å². The Bertz CT molecular complexity index is 403. The maximum Gasteiger partial charge on any atom is 0.140 e. The molecule has 1 aromatic carbocycles. The highest BCUT2D eigenvalue weighted by Gasteiger charge is 2.15. The number of rotatable bonds is 5. The molecular weight excluding hydrogens is 246 g/mol. The van der Waals surface area contributed by atoms with Crippen LogP contribution in [-0.2, 0) is 0 Å². The van der Waals surface area contributed by atoms with Crippen LogP contribution < -0.4 is 5.73 Å². The van der Waals surface area contributed by atoms with Crippen LogP contribution in [0.15, 0.2) is 17.0 Å². The minimum Gasteiger partial charge on any atom is -0.396 e. The van der Waals surface area contributed by atoms with Crippen molar-refractivity contribution in [1.82, 2.24) is 0 Å². The SMILES string of the molecule is CC(CCO)Sc1c(F)cc(C(=N)N)cc1F. The van der Waals surface area contributed by atoms with E-state index >= 15 is 0 Å². The zero-order valence-electron chi connectivity index (χ0n) is 9.34. The fourth-order valence-corrected chi connectivity index (χ4v) is 2.24. The van der Waals surface area contributed by atoms with Crippen LogP contribution in [0.4, 0.5) is 8.78 Å². The van der Waals surface area contributed by atoms with Crippen molar-refractivity contribution in [2.24, 2.45) is 5.73 Å². The van der Waals surface area contributed by atoms with Gasteiger partial charge in [-0.1, -0.05) is 6.92 Å². The van der Waals surface area contributed by atoms with Gasteiger partial charge in [0.05, 0.1) is 4.90 Å². The van der Waals surface area contributed by atoms with Crippen LogP contribution in [0.1, 0.15) is 18.9 Å². The molecule has 6 heteroatoms. The number of hydrogen-bond acceptors (Lipinski definition) is 3. The highest BCUT2D eigenvalue weighted by molar-refractivity contribution is 8.00. The van der Waals surface area contributed by atoms with Crippen LogP contribution in [0.2, 0.25) is 0 Å².